The van der Waals surface area contributed by atoms with Crippen molar-refractivity contribution in [1.29, 1.82) is 0 Å². The van der Waals surface area contributed by atoms with Gasteiger partial charge in [-0.3, -0.25) is 9.59 Å². The number of aliphatic hydroxyl groups is 1. The summed E-state index contributed by atoms with van der Waals surface area (Å²) in [6.45, 7) is 1.38. The van der Waals surface area contributed by atoms with Crippen LogP contribution in [0.4, 0.5) is 0 Å². The highest BCUT2D eigenvalue weighted by atomic mass is 32.2. The summed E-state index contributed by atoms with van der Waals surface area (Å²) in [6, 6.07) is 4.51. The molecule has 9 nitrogen and oxygen atoms in total. The number of nitrogens with one attached hydrogen (secondary N) is 3. The van der Waals surface area contributed by atoms with Gasteiger partial charge in [0.05, 0.1) is 24.3 Å². The predicted octanol–water partition coefficient (Wildman–Crippen LogP) is -0.333. The first-order valence-corrected chi connectivity index (χ1v) is 10.1. The highest BCUT2D eigenvalue weighted by Gasteiger charge is 2.33. The lowest BCUT2D eigenvalue weighted by molar-refractivity contribution is -0.145. The Balaban J connectivity index is 2.02. The van der Waals surface area contributed by atoms with Crippen molar-refractivity contribution in [2.24, 2.45) is 5.73 Å². The molecule has 4 atom stereocenters. The molecule has 10 heteroatoms. The summed E-state index contributed by atoms with van der Waals surface area (Å²) in [5, 5.41) is 16.7. The molecule has 3 rings (SSSR count). The largest absolute Gasteiger partial charge is 0.467 e. The van der Waals surface area contributed by atoms with Gasteiger partial charge in [0.1, 0.15) is 12.1 Å². The van der Waals surface area contributed by atoms with E-state index in [-0.39, 0.29) is 12.2 Å². The lowest BCUT2D eigenvalue weighted by atomic mass is 10.0. The first-order valence-electron chi connectivity index (χ1n) is 9.16. The van der Waals surface area contributed by atoms with Gasteiger partial charge in [0, 0.05) is 16.7 Å². The van der Waals surface area contributed by atoms with Crippen LogP contribution in [0.2, 0.25) is 0 Å². The standard InChI is InChI=1S/C19H24N4O5S/c1-9(24)15-17(26)21-14(19(27)28-2)8-29-18-11(7-12(20)16(25)23-15)10-5-3-4-6-13(10)22-18/h3-6,9,12,14-15,22,24H,7-8,20H2,1-2H3,(H,21,26)(H,23,25)/t9?,12-,14-,15?/m0/s1. The lowest BCUT2D eigenvalue weighted by Crippen LogP contribution is -2.59. The van der Waals surface area contributed by atoms with E-state index in [0.717, 1.165) is 21.5 Å². The van der Waals surface area contributed by atoms with Crippen LogP contribution in [0.1, 0.15) is 12.5 Å². The third-order valence-corrected chi connectivity index (χ3v) is 5.93. The first-order chi connectivity index (χ1) is 13.8. The number of hydrogen-bond acceptors (Lipinski definition) is 7. The highest BCUT2D eigenvalue weighted by molar-refractivity contribution is 7.99. The number of ether oxygens (including phenoxy) is 1. The molecule has 1 aliphatic rings. The quantitative estimate of drug-likeness (QED) is 0.418. The van der Waals surface area contributed by atoms with Crippen LogP contribution in [0, 0.1) is 0 Å². The second-order valence-corrected chi connectivity index (χ2v) is 7.94. The van der Waals surface area contributed by atoms with E-state index < -0.39 is 42.0 Å². The second kappa shape index (κ2) is 8.85. The van der Waals surface area contributed by atoms with Gasteiger partial charge >= 0.3 is 5.97 Å². The number of carbonyl (C=O) groups is 3. The minimum absolute atomic E-state index is 0.202. The summed E-state index contributed by atoms with van der Waals surface area (Å²) in [6.07, 6.45) is -0.946. The number of para-hydroxylation sites is 1. The van der Waals surface area contributed by atoms with Crippen molar-refractivity contribution in [1.82, 2.24) is 15.6 Å². The highest BCUT2D eigenvalue weighted by Crippen LogP contribution is 2.31. The van der Waals surface area contributed by atoms with Crippen molar-refractivity contribution in [3.63, 3.8) is 0 Å². The summed E-state index contributed by atoms with van der Waals surface area (Å²) in [5.41, 5.74) is 7.85. The van der Waals surface area contributed by atoms with E-state index in [2.05, 4.69) is 15.6 Å². The SMILES string of the molecule is COC(=O)[C@@H]1CSc2[nH]c3ccccc3c2C[C@H](N)C(=O)NC(C(C)O)C(=O)N1. The second-order valence-electron chi connectivity index (χ2n) is 6.91. The van der Waals surface area contributed by atoms with Crippen LogP contribution in [-0.2, 0) is 25.5 Å². The monoisotopic (exact) mass is 420 g/mol. The number of fused-ring (bicyclic) bond motifs is 3. The van der Waals surface area contributed by atoms with Crippen LogP contribution < -0.4 is 16.4 Å². The number of methoxy groups -OCH3 is 1. The van der Waals surface area contributed by atoms with Crippen molar-refractivity contribution < 1.29 is 24.2 Å². The molecule has 2 heterocycles. The van der Waals surface area contributed by atoms with E-state index in [1.807, 2.05) is 24.3 Å². The maximum absolute atomic E-state index is 12.6. The fourth-order valence-electron chi connectivity index (χ4n) is 3.22. The van der Waals surface area contributed by atoms with Crippen LogP contribution >= 0.6 is 11.8 Å². The average Bonchev–Trinajstić information content (AvgIpc) is 3.04. The lowest BCUT2D eigenvalue weighted by Gasteiger charge is -2.26. The van der Waals surface area contributed by atoms with Gasteiger partial charge in [-0.1, -0.05) is 18.2 Å². The summed E-state index contributed by atoms with van der Waals surface area (Å²) in [5.74, 6) is -1.67. The molecule has 0 saturated carbocycles. The maximum atomic E-state index is 12.6. The summed E-state index contributed by atoms with van der Waals surface area (Å²) in [4.78, 5) is 40.6. The summed E-state index contributed by atoms with van der Waals surface area (Å²) >= 11 is 1.33. The number of hydrogen-bond donors (Lipinski definition) is 5. The normalized spacial score (nSPS) is 24.5. The topological polar surface area (TPSA) is 147 Å². The van der Waals surface area contributed by atoms with Crippen molar-refractivity contribution >= 4 is 40.4 Å². The molecule has 1 aromatic heterocycles. The Kier molecular flexibility index (Phi) is 6.46. The number of aliphatic hydroxyl groups excluding tert-OH is 1. The number of aromatic amines is 1. The molecule has 2 amide bonds. The molecule has 0 radical (unpaired) electrons. The van der Waals surface area contributed by atoms with E-state index in [9.17, 15) is 19.5 Å². The number of nitrogens with two attached hydrogens (primary N) is 1. The Bertz CT molecular complexity index is 928. The number of thioether (sulfide) groups is 1. The zero-order chi connectivity index (χ0) is 21.1. The van der Waals surface area contributed by atoms with Crippen LogP contribution in [0.3, 0.4) is 0 Å². The zero-order valence-electron chi connectivity index (χ0n) is 16.1. The van der Waals surface area contributed by atoms with Crippen molar-refractivity contribution in [2.75, 3.05) is 12.9 Å². The molecule has 29 heavy (non-hydrogen) atoms. The third kappa shape index (κ3) is 4.55. The first kappa shape index (κ1) is 21.2. The molecule has 2 aromatic rings. The fourth-order valence-corrected chi connectivity index (χ4v) is 4.32. The molecular formula is C19H24N4O5S. The van der Waals surface area contributed by atoms with Crippen LogP contribution in [-0.4, -0.2) is 65.0 Å². The number of amides is 2. The Morgan fingerprint density at radius 2 is 2.00 bits per heavy atom. The Morgan fingerprint density at radius 1 is 1.28 bits per heavy atom. The number of esters is 1. The summed E-state index contributed by atoms with van der Waals surface area (Å²) < 4.78 is 4.80. The molecule has 1 aliphatic heterocycles. The van der Waals surface area contributed by atoms with E-state index in [1.54, 1.807) is 0 Å². The number of H-pyrrole nitrogens is 1. The van der Waals surface area contributed by atoms with E-state index >= 15 is 0 Å². The fraction of sp³-hybridized carbons (Fsp3) is 0.421. The Morgan fingerprint density at radius 3 is 2.69 bits per heavy atom. The van der Waals surface area contributed by atoms with Crippen molar-refractivity contribution in [3.8, 4) is 0 Å². The maximum Gasteiger partial charge on any atom is 0.329 e. The number of rotatable bonds is 2. The molecule has 0 spiro atoms. The smallest absolute Gasteiger partial charge is 0.329 e. The van der Waals surface area contributed by atoms with Gasteiger partial charge < -0.3 is 31.2 Å². The van der Waals surface area contributed by atoms with Crippen molar-refractivity contribution in [2.45, 2.75) is 42.6 Å². The van der Waals surface area contributed by atoms with Gasteiger partial charge in [0.2, 0.25) is 11.8 Å². The zero-order valence-corrected chi connectivity index (χ0v) is 16.9. The Hall–Kier alpha value is -2.56. The molecule has 6 N–H and O–H groups in total. The molecule has 0 fully saturated rings. The van der Waals surface area contributed by atoms with Gasteiger partial charge in [0.15, 0.2) is 0 Å². The minimum Gasteiger partial charge on any atom is -0.467 e. The van der Waals surface area contributed by atoms with Crippen molar-refractivity contribution in [3.05, 3.63) is 29.8 Å². The third-order valence-electron chi connectivity index (χ3n) is 4.79. The van der Waals surface area contributed by atoms with Gasteiger partial charge in [0.25, 0.3) is 0 Å². The molecule has 0 aliphatic carbocycles. The average molecular weight is 420 g/mol. The van der Waals surface area contributed by atoms with E-state index in [4.69, 9.17) is 10.5 Å². The summed E-state index contributed by atoms with van der Waals surface area (Å²) in [7, 11) is 1.23. The molecule has 0 bridgehead atoms. The molecular weight excluding hydrogens is 396 g/mol. The van der Waals surface area contributed by atoms with E-state index in [0.29, 0.717) is 0 Å². The molecule has 0 saturated heterocycles. The number of benzene rings is 1. The van der Waals surface area contributed by atoms with Crippen LogP contribution in [0.25, 0.3) is 10.9 Å². The van der Waals surface area contributed by atoms with Gasteiger partial charge in [-0.2, -0.15) is 0 Å². The van der Waals surface area contributed by atoms with Crippen LogP contribution in [0.5, 0.6) is 0 Å². The molecule has 156 valence electrons. The molecule has 1 aromatic carbocycles. The van der Waals surface area contributed by atoms with Gasteiger partial charge in [-0.15, -0.1) is 11.8 Å². The number of aromatic nitrogens is 1. The predicted molar refractivity (Wildman–Crippen MR) is 108 cm³/mol. The Labute approximate surface area is 171 Å². The van der Waals surface area contributed by atoms with Gasteiger partial charge in [-0.05, 0) is 25.0 Å². The van der Waals surface area contributed by atoms with E-state index in [1.165, 1.54) is 25.8 Å². The minimum atomic E-state index is -1.24. The number of carbonyl (C=O) groups excluding carboxylic acids is 3. The molecule has 2 unspecified atom stereocenters. The van der Waals surface area contributed by atoms with Gasteiger partial charge in [-0.25, -0.2) is 4.79 Å². The van der Waals surface area contributed by atoms with Crippen LogP contribution in [0.15, 0.2) is 29.3 Å².